The van der Waals surface area contributed by atoms with E-state index in [1.165, 1.54) is 30.3 Å². The van der Waals surface area contributed by atoms with Gasteiger partial charge in [-0.1, -0.05) is 11.6 Å². The van der Waals surface area contributed by atoms with Crippen LogP contribution in [0.1, 0.15) is 29.0 Å². The minimum atomic E-state index is -1.15. The lowest BCUT2D eigenvalue weighted by molar-refractivity contribution is 0.112. The molecule has 0 spiro atoms. The first-order valence-corrected chi connectivity index (χ1v) is 9.99. The number of likely N-dealkylation sites (tertiary alicyclic amines) is 1. The molecule has 0 amide bonds. The Hall–Kier alpha value is -2.77. The third-order valence-corrected chi connectivity index (χ3v) is 5.53. The van der Waals surface area contributed by atoms with Crippen LogP contribution in [0.15, 0.2) is 36.5 Å². The number of aromatic nitrogens is 2. The lowest BCUT2D eigenvalue weighted by atomic mass is 10.1. The fraction of sp³-hybridized carbons (Fsp3) is 0.273. The van der Waals surface area contributed by atoms with Crippen molar-refractivity contribution >= 4 is 17.9 Å². The van der Waals surface area contributed by atoms with E-state index in [4.69, 9.17) is 16.3 Å². The van der Waals surface area contributed by atoms with Gasteiger partial charge in [-0.2, -0.15) is 4.39 Å². The molecule has 1 saturated heterocycles. The molecule has 1 aromatic heterocycles. The molecule has 2 aromatic carbocycles. The highest BCUT2D eigenvalue weighted by Crippen LogP contribution is 2.34. The number of nitrogens with zero attached hydrogens (tertiary/aromatic N) is 3. The number of hydrogen-bond acceptors (Lipinski definition) is 4. The standard InChI is InChI=1S/C22H20ClF2N3O2/c1-27-17(11-26-20(27)12-28-8-2-3-9-28)16-6-7-18(22(25)21(16)24)30-19-10-15(23)5-4-14(19)13-29/h4-7,10-11,13H,2-3,8-9,12H2,1H3. The SMILES string of the molecule is Cn1c(-c2ccc(Oc3cc(Cl)ccc3C=O)c(F)c2F)cnc1CN1CCCC1. The molecule has 1 aliphatic rings. The van der Waals surface area contributed by atoms with E-state index in [1.807, 2.05) is 0 Å². The van der Waals surface area contributed by atoms with Gasteiger partial charge in [0.05, 0.1) is 24.0 Å². The summed E-state index contributed by atoms with van der Waals surface area (Å²) >= 11 is 5.92. The van der Waals surface area contributed by atoms with Crippen molar-refractivity contribution in [2.75, 3.05) is 13.1 Å². The van der Waals surface area contributed by atoms with Crippen molar-refractivity contribution in [3.63, 3.8) is 0 Å². The summed E-state index contributed by atoms with van der Waals surface area (Å²) in [5.41, 5.74) is 0.745. The summed E-state index contributed by atoms with van der Waals surface area (Å²) in [6.45, 7) is 2.71. The normalized spacial score (nSPS) is 14.3. The molecule has 156 valence electrons. The van der Waals surface area contributed by atoms with Crippen LogP contribution in [0.5, 0.6) is 11.5 Å². The summed E-state index contributed by atoms with van der Waals surface area (Å²) in [7, 11) is 1.79. The Bertz CT molecular complexity index is 1090. The van der Waals surface area contributed by atoms with Crippen LogP contribution in [0.4, 0.5) is 8.78 Å². The minimum Gasteiger partial charge on any atom is -0.453 e. The maximum absolute atomic E-state index is 14.9. The fourth-order valence-electron chi connectivity index (χ4n) is 3.61. The fourth-order valence-corrected chi connectivity index (χ4v) is 3.77. The van der Waals surface area contributed by atoms with Gasteiger partial charge in [-0.15, -0.1) is 0 Å². The van der Waals surface area contributed by atoms with E-state index in [0.717, 1.165) is 31.8 Å². The zero-order chi connectivity index (χ0) is 21.3. The molecule has 4 rings (SSSR count). The van der Waals surface area contributed by atoms with E-state index < -0.39 is 11.6 Å². The number of ether oxygens (including phenoxy) is 1. The molecule has 5 nitrogen and oxygen atoms in total. The van der Waals surface area contributed by atoms with Gasteiger partial charge in [-0.25, -0.2) is 9.37 Å². The molecule has 2 heterocycles. The number of carbonyl (C=O) groups is 1. The summed E-state index contributed by atoms with van der Waals surface area (Å²) in [5.74, 6) is -1.68. The minimum absolute atomic E-state index is 0.0528. The van der Waals surface area contributed by atoms with Crippen LogP contribution in [0.25, 0.3) is 11.3 Å². The van der Waals surface area contributed by atoms with Crippen molar-refractivity contribution in [3.8, 4) is 22.8 Å². The van der Waals surface area contributed by atoms with E-state index in [1.54, 1.807) is 17.8 Å². The molecule has 0 unspecified atom stereocenters. The predicted octanol–water partition coefficient (Wildman–Crippen LogP) is 5.22. The second kappa shape index (κ2) is 8.53. The third kappa shape index (κ3) is 3.95. The Balaban J connectivity index is 1.63. The highest BCUT2D eigenvalue weighted by Gasteiger charge is 2.21. The largest absolute Gasteiger partial charge is 0.453 e. The number of halogens is 3. The van der Waals surface area contributed by atoms with Crippen LogP contribution in [0.2, 0.25) is 5.02 Å². The molecule has 1 fully saturated rings. The van der Waals surface area contributed by atoms with Crippen molar-refractivity contribution in [1.29, 1.82) is 0 Å². The summed E-state index contributed by atoms with van der Waals surface area (Å²) in [6.07, 6.45) is 4.44. The van der Waals surface area contributed by atoms with Crippen LogP contribution < -0.4 is 4.74 Å². The lowest BCUT2D eigenvalue weighted by Crippen LogP contribution is -2.20. The molecule has 0 bridgehead atoms. The zero-order valence-electron chi connectivity index (χ0n) is 16.4. The Morgan fingerprint density at radius 2 is 1.90 bits per heavy atom. The molecule has 1 aliphatic heterocycles. The molecule has 0 saturated carbocycles. The average molecular weight is 432 g/mol. The maximum atomic E-state index is 14.9. The first kappa shape index (κ1) is 20.5. The van der Waals surface area contributed by atoms with Gasteiger partial charge in [-0.05, 0) is 50.2 Å². The van der Waals surface area contributed by atoms with Gasteiger partial charge in [0.15, 0.2) is 17.9 Å². The molecular weight excluding hydrogens is 412 g/mol. The Kier molecular flexibility index (Phi) is 5.83. The Morgan fingerprint density at radius 3 is 2.63 bits per heavy atom. The van der Waals surface area contributed by atoms with Gasteiger partial charge >= 0.3 is 0 Å². The van der Waals surface area contributed by atoms with Crippen molar-refractivity contribution in [2.45, 2.75) is 19.4 Å². The van der Waals surface area contributed by atoms with E-state index in [0.29, 0.717) is 23.5 Å². The second-order valence-corrected chi connectivity index (χ2v) is 7.68. The maximum Gasteiger partial charge on any atom is 0.201 e. The lowest BCUT2D eigenvalue weighted by Gasteiger charge is -2.15. The van der Waals surface area contributed by atoms with E-state index in [-0.39, 0.29) is 22.6 Å². The van der Waals surface area contributed by atoms with Crippen LogP contribution in [-0.2, 0) is 13.6 Å². The Morgan fingerprint density at radius 1 is 1.13 bits per heavy atom. The number of benzene rings is 2. The molecule has 8 heteroatoms. The average Bonchev–Trinajstić information content (AvgIpc) is 3.37. The highest BCUT2D eigenvalue weighted by molar-refractivity contribution is 6.30. The van der Waals surface area contributed by atoms with Gasteiger partial charge < -0.3 is 9.30 Å². The van der Waals surface area contributed by atoms with Gasteiger partial charge in [0.2, 0.25) is 5.82 Å². The van der Waals surface area contributed by atoms with Crippen molar-refractivity contribution in [1.82, 2.24) is 14.5 Å². The van der Waals surface area contributed by atoms with Gasteiger partial charge in [0.1, 0.15) is 11.6 Å². The highest BCUT2D eigenvalue weighted by atomic mass is 35.5. The van der Waals surface area contributed by atoms with Crippen molar-refractivity contribution < 1.29 is 18.3 Å². The topological polar surface area (TPSA) is 47.4 Å². The number of aldehydes is 1. The number of imidazole rings is 1. The molecule has 3 aromatic rings. The van der Waals surface area contributed by atoms with E-state index in [9.17, 15) is 13.6 Å². The van der Waals surface area contributed by atoms with Gasteiger partial charge in [0, 0.05) is 23.7 Å². The second-order valence-electron chi connectivity index (χ2n) is 7.24. The molecule has 0 aliphatic carbocycles. The zero-order valence-corrected chi connectivity index (χ0v) is 17.1. The number of hydrogen-bond donors (Lipinski definition) is 0. The van der Waals surface area contributed by atoms with E-state index >= 15 is 0 Å². The smallest absolute Gasteiger partial charge is 0.201 e. The quantitative estimate of drug-likeness (QED) is 0.502. The van der Waals surface area contributed by atoms with Crippen LogP contribution >= 0.6 is 11.6 Å². The van der Waals surface area contributed by atoms with Gasteiger partial charge in [0.25, 0.3) is 0 Å². The summed E-state index contributed by atoms with van der Waals surface area (Å²) in [6, 6.07) is 7.11. The summed E-state index contributed by atoms with van der Waals surface area (Å²) in [5, 5.41) is 0.313. The molecule has 0 radical (unpaired) electrons. The monoisotopic (exact) mass is 431 g/mol. The molecule has 0 N–H and O–H groups in total. The summed E-state index contributed by atoms with van der Waals surface area (Å²) in [4.78, 5) is 17.9. The number of rotatable bonds is 6. The predicted molar refractivity (Wildman–Crippen MR) is 110 cm³/mol. The van der Waals surface area contributed by atoms with Crippen molar-refractivity contribution in [3.05, 3.63) is 64.6 Å². The molecule has 0 atom stereocenters. The first-order valence-electron chi connectivity index (χ1n) is 9.62. The van der Waals surface area contributed by atoms with Gasteiger partial charge in [-0.3, -0.25) is 9.69 Å². The molecule has 30 heavy (non-hydrogen) atoms. The van der Waals surface area contributed by atoms with Crippen molar-refractivity contribution in [2.24, 2.45) is 7.05 Å². The third-order valence-electron chi connectivity index (χ3n) is 5.29. The van der Waals surface area contributed by atoms with Crippen LogP contribution in [-0.4, -0.2) is 33.8 Å². The summed E-state index contributed by atoms with van der Waals surface area (Å²) < 4.78 is 36.9. The number of carbonyl (C=O) groups excluding carboxylic acids is 1. The van der Waals surface area contributed by atoms with E-state index in [2.05, 4.69) is 9.88 Å². The first-order chi connectivity index (χ1) is 14.5. The Labute approximate surface area is 177 Å². The molecular formula is C22H20ClF2N3O2. The van der Waals surface area contributed by atoms with Crippen LogP contribution in [0, 0.1) is 11.6 Å². The van der Waals surface area contributed by atoms with Crippen LogP contribution in [0.3, 0.4) is 0 Å².